The van der Waals surface area contributed by atoms with Gasteiger partial charge in [-0.25, -0.2) is 8.42 Å². The minimum Gasteiger partial charge on any atom is -0.466 e. The zero-order valence-corrected chi connectivity index (χ0v) is 12.3. The quantitative estimate of drug-likeness (QED) is 0.808. The standard InChI is InChI=1S/C11H14BrNO4S/c1-2-17-11(14)7-8-18(15,16)13-10-6-4-3-5-9(10)12/h3-6,13H,2,7-8H2,1H3. The minimum absolute atomic E-state index is 0.159. The summed E-state index contributed by atoms with van der Waals surface area (Å²) in [6.45, 7) is 1.92. The number of esters is 1. The first-order chi connectivity index (χ1) is 8.44. The Labute approximate surface area is 115 Å². The van der Waals surface area contributed by atoms with Crippen LogP contribution in [0.4, 0.5) is 5.69 Å². The molecule has 100 valence electrons. The number of hydrogen-bond donors (Lipinski definition) is 1. The van der Waals surface area contributed by atoms with Crippen molar-refractivity contribution in [2.75, 3.05) is 17.1 Å². The molecule has 0 spiro atoms. The number of anilines is 1. The second kappa shape index (κ2) is 6.75. The molecule has 1 aromatic rings. The lowest BCUT2D eigenvalue weighted by atomic mass is 10.3. The van der Waals surface area contributed by atoms with Gasteiger partial charge in [-0.3, -0.25) is 9.52 Å². The second-order valence-corrected chi connectivity index (χ2v) is 6.15. The highest BCUT2D eigenvalue weighted by atomic mass is 79.9. The molecule has 0 saturated carbocycles. The zero-order valence-electron chi connectivity index (χ0n) is 9.85. The molecule has 0 atom stereocenters. The van der Waals surface area contributed by atoms with Gasteiger partial charge in [0.25, 0.3) is 0 Å². The van der Waals surface area contributed by atoms with Crippen LogP contribution in [0.2, 0.25) is 0 Å². The van der Waals surface area contributed by atoms with E-state index in [0.717, 1.165) is 0 Å². The van der Waals surface area contributed by atoms with E-state index >= 15 is 0 Å². The fraction of sp³-hybridized carbons (Fsp3) is 0.364. The van der Waals surface area contributed by atoms with Gasteiger partial charge < -0.3 is 4.74 Å². The highest BCUT2D eigenvalue weighted by molar-refractivity contribution is 9.10. The first kappa shape index (κ1) is 15.0. The second-order valence-electron chi connectivity index (χ2n) is 3.46. The van der Waals surface area contributed by atoms with Gasteiger partial charge in [0, 0.05) is 4.47 Å². The topological polar surface area (TPSA) is 72.5 Å². The zero-order chi connectivity index (χ0) is 13.6. The highest BCUT2D eigenvalue weighted by Crippen LogP contribution is 2.22. The molecule has 0 heterocycles. The van der Waals surface area contributed by atoms with Crippen LogP contribution in [0.1, 0.15) is 13.3 Å². The van der Waals surface area contributed by atoms with Gasteiger partial charge in [-0.15, -0.1) is 0 Å². The summed E-state index contributed by atoms with van der Waals surface area (Å²) >= 11 is 3.24. The summed E-state index contributed by atoms with van der Waals surface area (Å²) in [5, 5.41) is 0. The molecule has 0 unspecified atom stereocenters. The normalized spacial score (nSPS) is 11.0. The molecule has 0 aliphatic carbocycles. The molecule has 5 nitrogen and oxygen atoms in total. The van der Waals surface area contributed by atoms with Crippen molar-refractivity contribution in [3.05, 3.63) is 28.7 Å². The van der Waals surface area contributed by atoms with Crippen molar-refractivity contribution >= 4 is 37.6 Å². The first-order valence-corrected chi connectivity index (χ1v) is 7.80. The molecule has 0 aliphatic heterocycles. The lowest BCUT2D eigenvalue weighted by Crippen LogP contribution is -2.20. The van der Waals surface area contributed by atoms with Gasteiger partial charge in [0.15, 0.2) is 0 Å². The number of ether oxygens (including phenoxy) is 1. The Balaban J connectivity index is 2.60. The van der Waals surface area contributed by atoms with Crippen LogP contribution in [0.15, 0.2) is 28.7 Å². The number of sulfonamides is 1. The number of halogens is 1. The molecule has 7 heteroatoms. The monoisotopic (exact) mass is 335 g/mol. The Morgan fingerprint density at radius 3 is 2.67 bits per heavy atom. The molecule has 1 aromatic carbocycles. The van der Waals surface area contributed by atoms with Gasteiger partial charge in [0.05, 0.1) is 24.5 Å². The lowest BCUT2D eigenvalue weighted by molar-refractivity contribution is -0.142. The largest absolute Gasteiger partial charge is 0.466 e. The molecule has 18 heavy (non-hydrogen) atoms. The van der Waals surface area contributed by atoms with E-state index in [1.165, 1.54) is 0 Å². The van der Waals surface area contributed by atoms with Crippen molar-refractivity contribution in [1.82, 2.24) is 0 Å². The summed E-state index contributed by atoms with van der Waals surface area (Å²) in [5.74, 6) is -0.817. The first-order valence-electron chi connectivity index (χ1n) is 5.35. The third-order valence-corrected chi connectivity index (χ3v) is 3.98. The number of para-hydroxylation sites is 1. The van der Waals surface area contributed by atoms with Gasteiger partial charge in [0.1, 0.15) is 0 Å². The van der Waals surface area contributed by atoms with E-state index in [2.05, 4.69) is 25.4 Å². The van der Waals surface area contributed by atoms with E-state index in [-0.39, 0.29) is 18.8 Å². The van der Waals surface area contributed by atoms with Gasteiger partial charge in [-0.1, -0.05) is 12.1 Å². The average molecular weight is 336 g/mol. The number of nitrogens with one attached hydrogen (secondary N) is 1. The van der Waals surface area contributed by atoms with E-state index in [4.69, 9.17) is 0 Å². The summed E-state index contributed by atoms with van der Waals surface area (Å²) in [6.07, 6.45) is -0.159. The molecule has 0 radical (unpaired) electrons. The van der Waals surface area contributed by atoms with Crippen LogP contribution in [-0.4, -0.2) is 26.7 Å². The molecular weight excluding hydrogens is 322 g/mol. The van der Waals surface area contributed by atoms with Crippen molar-refractivity contribution in [3.63, 3.8) is 0 Å². The number of carbonyl (C=O) groups excluding carboxylic acids is 1. The molecule has 0 amide bonds. The smallest absolute Gasteiger partial charge is 0.306 e. The summed E-state index contributed by atoms with van der Waals surface area (Å²) < 4.78 is 31.2. The van der Waals surface area contributed by atoms with Gasteiger partial charge >= 0.3 is 5.97 Å². The Morgan fingerprint density at radius 1 is 1.39 bits per heavy atom. The molecule has 0 bridgehead atoms. The Hall–Kier alpha value is -1.08. The van der Waals surface area contributed by atoms with Crippen molar-refractivity contribution < 1.29 is 17.9 Å². The third kappa shape index (κ3) is 5.05. The van der Waals surface area contributed by atoms with Crippen LogP contribution in [0.25, 0.3) is 0 Å². The Kier molecular flexibility index (Phi) is 5.61. The van der Waals surface area contributed by atoms with E-state index in [1.807, 2.05) is 0 Å². The van der Waals surface area contributed by atoms with Crippen LogP contribution >= 0.6 is 15.9 Å². The fourth-order valence-corrected chi connectivity index (χ4v) is 2.78. The van der Waals surface area contributed by atoms with E-state index in [9.17, 15) is 13.2 Å². The highest BCUT2D eigenvalue weighted by Gasteiger charge is 2.15. The van der Waals surface area contributed by atoms with Crippen molar-refractivity contribution in [2.45, 2.75) is 13.3 Å². The molecule has 0 aromatic heterocycles. The molecule has 1 N–H and O–H groups in total. The third-order valence-electron chi connectivity index (χ3n) is 2.02. The van der Waals surface area contributed by atoms with Gasteiger partial charge in [-0.05, 0) is 35.0 Å². The maximum atomic E-state index is 11.7. The van der Waals surface area contributed by atoms with E-state index in [0.29, 0.717) is 10.2 Å². The lowest BCUT2D eigenvalue weighted by Gasteiger charge is -2.09. The molecule has 0 aliphatic rings. The van der Waals surface area contributed by atoms with Crippen molar-refractivity contribution in [2.24, 2.45) is 0 Å². The van der Waals surface area contributed by atoms with Gasteiger partial charge in [-0.2, -0.15) is 0 Å². The SMILES string of the molecule is CCOC(=O)CCS(=O)(=O)Nc1ccccc1Br. The minimum atomic E-state index is -3.55. The summed E-state index contributed by atoms with van der Waals surface area (Å²) in [4.78, 5) is 11.1. The van der Waals surface area contributed by atoms with Crippen LogP contribution in [0, 0.1) is 0 Å². The van der Waals surface area contributed by atoms with E-state index in [1.54, 1.807) is 31.2 Å². The molecular formula is C11H14BrNO4S. The predicted octanol–water partition coefficient (Wildman–Crippen LogP) is 2.14. The maximum Gasteiger partial charge on any atom is 0.306 e. The number of carbonyl (C=O) groups is 1. The predicted molar refractivity (Wildman–Crippen MR) is 72.8 cm³/mol. The van der Waals surface area contributed by atoms with Gasteiger partial charge in [0.2, 0.25) is 10.0 Å². The number of benzene rings is 1. The Bertz CT molecular complexity index is 516. The Morgan fingerprint density at radius 2 is 2.06 bits per heavy atom. The number of hydrogen-bond acceptors (Lipinski definition) is 4. The van der Waals surface area contributed by atoms with E-state index < -0.39 is 16.0 Å². The molecule has 1 rings (SSSR count). The number of rotatable bonds is 6. The van der Waals surface area contributed by atoms with Crippen LogP contribution < -0.4 is 4.72 Å². The summed E-state index contributed by atoms with van der Waals surface area (Å²) in [5.41, 5.74) is 0.446. The summed E-state index contributed by atoms with van der Waals surface area (Å²) in [7, 11) is -3.55. The average Bonchev–Trinajstić information content (AvgIpc) is 2.30. The van der Waals surface area contributed by atoms with Crippen LogP contribution in [-0.2, 0) is 19.6 Å². The van der Waals surface area contributed by atoms with Crippen LogP contribution in [0.5, 0.6) is 0 Å². The van der Waals surface area contributed by atoms with Crippen molar-refractivity contribution in [1.29, 1.82) is 0 Å². The van der Waals surface area contributed by atoms with Crippen molar-refractivity contribution in [3.8, 4) is 0 Å². The maximum absolute atomic E-state index is 11.7. The molecule has 0 fully saturated rings. The van der Waals surface area contributed by atoms with Crippen LogP contribution in [0.3, 0.4) is 0 Å². The fourth-order valence-electron chi connectivity index (χ4n) is 1.21. The molecule has 0 saturated heterocycles. The summed E-state index contributed by atoms with van der Waals surface area (Å²) in [6, 6.07) is 6.85.